The smallest absolute Gasteiger partial charge is 0.265 e. The number of likely N-dealkylation sites (tertiary alicyclic amines) is 1. The van der Waals surface area contributed by atoms with Crippen LogP contribution >= 0.6 is 0 Å². The molecule has 0 aliphatic carbocycles. The molecule has 4 heteroatoms. The monoisotopic (exact) mass is 249 g/mol. The van der Waals surface area contributed by atoms with Crippen molar-refractivity contribution in [2.24, 2.45) is 5.92 Å². The van der Waals surface area contributed by atoms with E-state index in [9.17, 15) is 4.79 Å². The minimum Gasteiger partial charge on any atom is -0.385 e. The van der Waals surface area contributed by atoms with Gasteiger partial charge < -0.3 is 10.2 Å². The van der Waals surface area contributed by atoms with Crippen molar-refractivity contribution >= 4 is 5.91 Å². The zero-order valence-corrected chi connectivity index (χ0v) is 11.8. The summed E-state index contributed by atoms with van der Waals surface area (Å²) >= 11 is 0. The summed E-state index contributed by atoms with van der Waals surface area (Å²) in [4.78, 5) is 13.9. The number of hydrogen-bond donors (Lipinski definition) is 1. The van der Waals surface area contributed by atoms with Gasteiger partial charge in [-0.2, -0.15) is 5.26 Å². The third-order valence-corrected chi connectivity index (χ3v) is 3.07. The second kappa shape index (κ2) is 5.90. The van der Waals surface area contributed by atoms with Crippen LogP contribution < -0.4 is 5.32 Å². The molecular weight excluding hydrogens is 226 g/mol. The predicted octanol–water partition coefficient (Wildman–Crippen LogP) is 2.04. The largest absolute Gasteiger partial charge is 0.385 e. The molecule has 0 spiro atoms. The third-order valence-electron chi connectivity index (χ3n) is 3.07. The third kappa shape index (κ3) is 4.40. The maximum Gasteiger partial charge on any atom is 0.265 e. The number of nitrogens with zero attached hydrogens (tertiary/aromatic N) is 2. The molecule has 0 bridgehead atoms. The van der Waals surface area contributed by atoms with Crippen LogP contribution in [0.5, 0.6) is 0 Å². The van der Waals surface area contributed by atoms with Crippen LogP contribution in [-0.2, 0) is 4.79 Å². The van der Waals surface area contributed by atoms with E-state index in [-0.39, 0.29) is 17.0 Å². The molecule has 4 nitrogen and oxygen atoms in total. The lowest BCUT2D eigenvalue weighted by atomic mass is 9.99. The lowest BCUT2D eigenvalue weighted by Gasteiger charge is -2.30. The van der Waals surface area contributed by atoms with Crippen LogP contribution in [0.2, 0.25) is 0 Å². The average Bonchev–Trinajstić information content (AvgIpc) is 2.29. The number of nitrogens with one attached hydrogen (secondary N) is 1. The highest BCUT2D eigenvalue weighted by molar-refractivity contribution is 5.97. The fourth-order valence-electron chi connectivity index (χ4n) is 1.81. The van der Waals surface area contributed by atoms with Gasteiger partial charge in [-0.1, -0.05) is 6.92 Å². The Labute approximate surface area is 110 Å². The normalized spacial score (nSPS) is 18.4. The van der Waals surface area contributed by atoms with Gasteiger partial charge in [-0.05, 0) is 39.5 Å². The first-order chi connectivity index (χ1) is 8.33. The molecular formula is C14H23N3O. The molecule has 1 saturated heterocycles. The zero-order valence-electron chi connectivity index (χ0n) is 11.8. The van der Waals surface area contributed by atoms with Crippen molar-refractivity contribution in [3.05, 3.63) is 11.8 Å². The van der Waals surface area contributed by atoms with Crippen LogP contribution in [0, 0.1) is 17.2 Å². The molecule has 1 amide bonds. The van der Waals surface area contributed by atoms with Gasteiger partial charge in [0.1, 0.15) is 11.6 Å². The molecule has 1 fully saturated rings. The summed E-state index contributed by atoms with van der Waals surface area (Å²) in [5.41, 5.74) is 0.0539. The van der Waals surface area contributed by atoms with Crippen molar-refractivity contribution in [3.63, 3.8) is 0 Å². The van der Waals surface area contributed by atoms with Crippen molar-refractivity contribution in [3.8, 4) is 6.07 Å². The van der Waals surface area contributed by atoms with Crippen LogP contribution in [0.3, 0.4) is 0 Å². The zero-order chi connectivity index (χ0) is 13.8. The quantitative estimate of drug-likeness (QED) is 0.602. The molecule has 0 atom stereocenters. The van der Waals surface area contributed by atoms with Gasteiger partial charge in [0.05, 0.1) is 0 Å². The van der Waals surface area contributed by atoms with Crippen molar-refractivity contribution in [1.29, 1.82) is 5.26 Å². The standard InChI is InChI=1S/C14H23N3O/c1-11-5-7-17(8-6-11)13(18)12(9-15)10-16-14(2,3)4/h10-11,16H,5-8H2,1-4H3/b12-10-. The van der Waals surface area contributed by atoms with Gasteiger partial charge in [0, 0.05) is 24.8 Å². The van der Waals surface area contributed by atoms with Crippen molar-refractivity contribution in [1.82, 2.24) is 10.2 Å². The van der Waals surface area contributed by atoms with E-state index in [4.69, 9.17) is 5.26 Å². The highest BCUT2D eigenvalue weighted by Gasteiger charge is 2.23. The Kier molecular flexibility index (Phi) is 4.77. The Bertz CT molecular complexity index is 365. The summed E-state index contributed by atoms with van der Waals surface area (Å²) in [6, 6.07) is 1.99. The van der Waals surface area contributed by atoms with Gasteiger partial charge in [0.15, 0.2) is 0 Å². The van der Waals surface area contributed by atoms with Crippen molar-refractivity contribution < 1.29 is 4.79 Å². The molecule has 0 unspecified atom stereocenters. The summed E-state index contributed by atoms with van der Waals surface area (Å²) < 4.78 is 0. The van der Waals surface area contributed by atoms with Gasteiger partial charge in [0.25, 0.3) is 5.91 Å². The van der Waals surface area contributed by atoms with E-state index in [2.05, 4.69) is 12.2 Å². The molecule has 1 aliphatic rings. The molecule has 1 aliphatic heterocycles. The van der Waals surface area contributed by atoms with Gasteiger partial charge in [-0.3, -0.25) is 4.79 Å². The van der Waals surface area contributed by atoms with Crippen LogP contribution in [0.1, 0.15) is 40.5 Å². The molecule has 0 radical (unpaired) electrons. The Balaban J connectivity index is 2.66. The number of carbonyl (C=O) groups excluding carboxylic acids is 1. The number of hydrogen-bond acceptors (Lipinski definition) is 3. The molecule has 0 aromatic rings. The van der Waals surface area contributed by atoms with Crippen LogP contribution in [-0.4, -0.2) is 29.4 Å². The van der Waals surface area contributed by atoms with Gasteiger partial charge >= 0.3 is 0 Å². The van der Waals surface area contributed by atoms with Crippen molar-refractivity contribution in [2.45, 2.75) is 46.1 Å². The maximum atomic E-state index is 12.1. The van der Waals surface area contributed by atoms with E-state index in [0.29, 0.717) is 5.92 Å². The average molecular weight is 249 g/mol. The second-order valence-corrected chi connectivity index (χ2v) is 6.04. The summed E-state index contributed by atoms with van der Waals surface area (Å²) in [6.07, 6.45) is 3.59. The molecule has 100 valence electrons. The number of piperidine rings is 1. The molecule has 1 heterocycles. The van der Waals surface area contributed by atoms with Gasteiger partial charge in [-0.15, -0.1) is 0 Å². The van der Waals surface area contributed by atoms with Crippen molar-refractivity contribution in [2.75, 3.05) is 13.1 Å². The SMILES string of the molecule is CC1CCN(C(=O)/C(C#N)=C\NC(C)(C)C)CC1. The fraction of sp³-hybridized carbons (Fsp3) is 0.714. The van der Waals surface area contributed by atoms with E-state index < -0.39 is 0 Å². The van der Waals surface area contributed by atoms with E-state index in [1.54, 1.807) is 11.1 Å². The Hall–Kier alpha value is -1.50. The first-order valence-electron chi connectivity index (χ1n) is 6.50. The van der Waals surface area contributed by atoms with E-state index in [0.717, 1.165) is 25.9 Å². The Morgan fingerprint density at radius 2 is 1.94 bits per heavy atom. The number of carbonyl (C=O) groups is 1. The van der Waals surface area contributed by atoms with Crippen LogP contribution in [0.15, 0.2) is 11.8 Å². The highest BCUT2D eigenvalue weighted by atomic mass is 16.2. The van der Waals surface area contributed by atoms with Gasteiger partial charge in [0.2, 0.25) is 0 Å². The second-order valence-electron chi connectivity index (χ2n) is 6.04. The summed E-state index contributed by atoms with van der Waals surface area (Å²) in [6.45, 7) is 9.69. The summed E-state index contributed by atoms with van der Waals surface area (Å²) in [5, 5.41) is 12.1. The lowest BCUT2D eigenvalue weighted by Crippen LogP contribution is -2.39. The molecule has 0 saturated carbocycles. The summed E-state index contributed by atoms with van der Waals surface area (Å²) in [5.74, 6) is 0.525. The minimum absolute atomic E-state index is 0.140. The van der Waals surface area contributed by atoms with E-state index in [1.807, 2.05) is 26.8 Å². The molecule has 18 heavy (non-hydrogen) atoms. The number of nitriles is 1. The predicted molar refractivity (Wildman–Crippen MR) is 71.6 cm³/mol. The summed E-state index contributed by atoms with van der Waals surface area (Å²) in [7, 11) is 0. The number of rotatable bonds is 2. The molecule has 1 N–H and O–H groups in total. The van der Waals surface area contributed by atoms with Crippen LogP contribution in [0.4, 0.5) is 0 Å². The highest BCUT2D eigenvalue weighted by Crippen LogP contribution is 2.17. The lowest BCUT2D eigenvalue weighted by molar-refractivity contribution is -0.128. The minimum atomic E-state index is -0.152. The molecule has 0 aromatic carbocycles. The van der Waals surface area contributed by atoms with E-state index in [1.165, 1.54) is 0 Å². The van der Waals surface area contributed by atoms with E-state index >= 15 is 0 Å². The van der Waals surface area contributed by atoms with Gasteiger partial charge in [-0.25, -0.2) is 0 Å². The van der Waals surface area contributed by atoms with Crippen LogP contribution in [0.25, 0.3) is 0 Å². The molecule has 0 aromatic heterocycles. The number of amides is 1. The first kappa shape index (κ1) is 14.6. The topological polar surface area (TPSA) is 56.1 Å². The molecule has 1 rings (SSSR count). The Morgan fingerprint density at radius 1 is 1.39 bits per heavy atom. The fourth-order valence-corrected chi connectivity index (χ4v) is 1.81. The first-order valence-corrected chi connectivity index (χ1v) is 6.50. The maximum absolute atomic E-state index is 12.1. The Morgan fingerprint density at radius 3 is 2.39 bits per heavy atom.